The Labute approximate surface area is 118 Å². The van der Waals surface area contributed by atoms with Crippen molar-refractivity contribution in [2.45, 2.75) is 96.7 Å². The quantitative estimate of drug-likeness (QED) is 0.629. The maximum atomic E-state index is 12.0. The average molecular weight is 268 g/mol. The van der Waals surface area contributed by atoms with Crippen LogP contribution in [-0.2, 0) is 4.79 Å². The van der Waals surface area contributed by atoms with Gasteiger partial charge in [-0.2, -0.15) is 0 Å². The highest BCUT2D eigenvalue weighted by atomic mass is 16.2. The summed E-state index contributed by atoms with van der Waals surface area (Å²) in [5.41, 5.74) is 0. The topological polar surface area (TPSA) is 41.1 Å². The van der Waals surface area contributed by atoms with Gasteiger partial charge in [0.25, 0.3) is 0 Å². The highest BCUT2D eigenvalue weighted by molar-refractivity contribution is 5.81. The number of amides is 1. The van der Waals surface area contributed by atoms with E-state index in [4.69, 9.17) is 0 Å². The Morgan fingerprint density at radius 2 is 1.84 bits per heavy atom. The molecule has 1 saturated carbocycles. The van der Waals surface area contributed by atoms with Gasteiger partial charge >= 0.3 is 0 Å². The maximum absolute atomic E-state index is 12.0. The van der Waals surface area contributed by atoms with Gasteiger partial charge in [-0.1, -0.05) is 45.4 Å². The fourth-order valence-electron chi connectivity index (χ4n) is 2.86. The van der Waals surface area contributed by atoms with Gasteiger partial charge in [-0.3, -0.25) is 4.79 Å². The van der Waals surface area contributed by atoms with E-state index in [2.05, 4.69) is 24.5 Å². The summed E-state index contributed by atoms with van der Waals surface area (Å²) in [4.78, 5) is 12.0. The molecule has 1 fully saturated rings. The number of hydrogen-bond acceptors (Lipinski definition) is 2. The van der Waals surface area contributed by atoms with Gasteiger partial charge in [0, 0.05) is 12.1 Å². The molecule has 0 heterocycles. The fourth-order valence-corrected chi connectivity index (χ4v) is 2.86. The molecule has 0 saturated heterocycles. The van der Waals surface area contributed by atoms with Crippen LogP contribution in [0.5, 0.6) is 0 Å². The monoisotopic (exact) mass is 268 g/mol. The normalized spacial score (nSPS) is 19.3. The largest absolute Gasteiger partial charge is 0.352 e. The molecule has 112 valence electrons. The van der Waals surface area contributed by atoms with E-state index in [0.29, 0.717) is 12.1 Å². The first-order valence-electron chi connectivity index (χ1n) is 8.20. The molecule has 1 aliphatic rings. The van der Waals surface area contributed by atoms with Crippen molar-refractivity contribution < 1.29 is 4.79 Å². The Morgan fingerprint density at radius 1 is 1.16 bits per heavy atom. The summed E-state index contributed by atoms with van der Waals surface area (Å²) in [6, 6.07) is 0.791. The van der Waals surface area contributed by atoms with E-state index >= 15 is 0 Å². The second-order valence-corrected chi connectivity index (χ2v) is 6.13. The molecule has 1 amide bonds. The van der Waals surface area contributed by atoms with Crippen LogP contribution in [0.4, 0.5) is 0 Å². The Balaban J connectivity index is 2.13. The number of carbonyl (C=O) groups excluding carboxylic acids is 1. The van der Waals surface area contributed by atoms with Gasteiger partial charge in [0.05, 0.1) is 6.04 Å². The van der Waals surface area contributed by atoms with Gasteiger partial charge in [0.1, 0.15) is 0 Å². The number of carbonyl (C=O) groups is 1. The van der Waals surface area contributed by atoms with Crippen LogP contribution in [0.1, 0.15) is 78.6 Å². The van der Waals surface area contributed by atoms with E-state index in [1.165, 1.54) is 44.9 Å². The van der Waals surface area contributed by atoms with Crippen LogP contribution in [0.25, 0.3) is 0 Å². The second-order valence-electron chi connectivity index (χ2n) is 6.13. The number of nitrogens with one attached hydrogen (secondary N) is 2. The molecule has 2 N–H and O–H groups in total. The van der Waals surface area contributed by atoms with Crippen LogP contribution < -0.4 is 10.6 Å². The molecular formula is C16H32N2O. The summed E-state index contributed by atoms with van der Waals surface area (Å²) in [6.07, 6.45) is 11.2. The van der Waals surface area contributed by atoms with Crippen LogP contribution in [0, 0.1) is 0 Å². The fraction of sp³-hybridized carbons (Fsp3) is 0.938. The number of hydrogen-bond donors (Lipinski definition) is 2. The predicted molar refractivity (Wildman–Crippen MR) is 81.2 cm³/mol. The van der Waals surface area contributed by atoms with E-state index < -0.39 is 0 Å². The smallest absolute Gasteiger partial charge is 0.237 e. The highest BCUT2D eigenvalue weighted by Gasteiger charge is 2.21. The molecule has 1 aliphatic carbocycles. The third kappa shape index (κ3) is 6.95. The molecule has 0 aromatic carbocycles. The summed E-state index contributed by atoms with van der Waals surface area (Å²) in [7, 11) is 0. The van der Waals surface area contributed by atoms with Crippen molar-refractivity contribution in [1.82, 2.24) is 10.6 Å². The first kappa shape index (κ1) is 16.5. The maximum Gasteiger partial charge on any atom is 0.237 e. The molecule has 2 atom stereocenters. The van der Waals surface area contributed by atoms with Crippen molar-refractivity contribution >= 4 is 5.91 Å². The van der Waals surface area contributed by atoms with E-state index in [9.17, 15) is 4.79 Å². The minimum atomic E-state index is -0.0678. The van der Waals surface area contributed by atoms with Crippen molar-refractivity contribution in [2.75, 3.05) is 0 Å². The SMILES string of the molecule is CCCCCCC(C)NC(C)C(=O)NC1CCCC1. The molecule has 19 heavy (non-hydrogen) atoms. The Morgan fingerprint density at radius 3 is 2.47 bits per heavy atom. The zero-order valence-electron chi connectivity index (χ0n) is 13.0. The summed E-state index contributed by atoms with van der Waals surface area (Å²) in [6.45, 7) is 6.40. The van der Waals surface area contributed by atoms with Crippen LogP contribution in [0.3, 0.4) is 0 Å². The van der Waals surface area contributed by atoms with Gasteiger partial charge in [-0.05, 0) is 33.1 Å². The zero-order valence-corrected chi connectivity index (χ0v) is 13.0. The Hall–Kier alpha value is -0.570. The predicted octanol–water partition coefficient (Wildman–Crippen LogP) is 3.38. The molecule has 2 unspecified atom stereocenters. The van der Waals surface area contributed by atoms with Gasteiger partial charge in [0.2, 0.25) is 5.91 Å². The number of rotatable bonds is 9. The van der Waals surface area contributed by atoms with Crippen LogP contribution in [0.15, 0.2) is 0 Å². The third-order valence-electron chi connectivity index (χ3n) is 4.12. The van der Waals surface area contributed by atoms with Gasteiger partial charge in [-0.25, -0.2) is 0 Å². The van der Waals surface area contributed by atoms with E-state index in [-0.39, 0.29) is 11.9 Å². The lowest BCUT2D eigenvalue weighted by atomic mass is 10.1. The molecule has 0 bridgehead atoms. The van der Waals surface area contributed by atoms with Gasteiger partial charge in [0.15, 0.2) is 0 Å². The van der Waals surface area contributed by atoms with Gasteiger partial charge in [-0.15, -0.1) is 0 Å². The van der Waals surface area contributed by atoms with Crippen molar-refractivity contribution in [3.05, 3.63) is 0 Å². The summed E-state index contributed by atoms with van der Waals surface area (Å²) in [5.74, 6) is 0.173. The highest BCUT2D eigenvalue weighted by Crippen LogP contribution is 2.17. The summed E-state index contributed by atoms with van der Waals surface area (Å²) < 4.78 is 0. The first-order valence-corrected chi connectivity index (χ1v) is 8.20. The molecule has 3 nitrogen and oxygen atoms in total. The molecule has 0 spiro atoms. The van der Waals surface area contributed by atoms with Crippen LogP contribution in [0.2, 0.25) is 0 Å². The van der Waals surface area contributed by atoms with Gasteiger partial charge < -0.3 is 10.6 Å². The van der Waals surface area contributed by atoms with E-state index in [1.807, 2.05) is 6.92 Å². The minimum absolute atomic E-state index is 0.0678. The van der Waals surface area contributed by atoms with Crippen molar-refractivity contribution in [3.8, 4) is 0 Å². The summed E-state index contributed by atoms with van der Waals surface area (Å²) in [5, 5.41) is 6.58. The lowest BCUT2D eigenvalue weighted by Crippen LogP contribution is -2.48. The second kappa shape index (κ2) is 9.35. The summed E-state index contributed by atoms with van der Waals surface area (Å²) >= 11 is 0. The van der Waals surface area contributed by atoms with Crippen LogP contribution in [-0.4, -0.2) is 24.0 Å². The molecule has 0 aromatic heterocycles. The minimum Gasteiger partial charge on any atom is -0.352 e. The Bertz CT molecular complexity index is 249. The van der Waals surface area contributed by atoms with Crippen LogP contribution >= 0.6 is 0 Å². The first-order chi connectivity index (χ1) is 9.13. The molecular weight excluding hydrogens is 236 g/mol. The standard InChI is InChI=1S/C16H32N2O/c1-4-5-6-7-10-13(2)17-14(3)16(19)18-15-11-8-9-12-15/h13-15,17H,4-12H2,1-3H3,(H,18,19). The Kier molecular flexibility index (Phi) is 8.11. The van der Waals surface area contributed by atoms with Crippen molar-refractivity contribution in [2.24, 2.45) is 0 Å². The average Bonchev–Trinajstić information content (AvgIpc) is 2.87. The third-order valence-corrected chi connectivity index (χ3v) is 4.12. The molecule has 0 aliphatic heterocycles. The molecule has 0 aromatic rings. The number of unbranched alkanes of at least 4 members (excludes halogenated alkanes) is 3. The van der Waals surface area contributed by atoms with E-state index in [0.717, 1.165) is 12.8 Å². The zero-order chi connectivity index (χ0) is 14.1. The van der Waals surface area contributed by atoms with Crippen molar-refractivity contribution in [1.29, 1.82) is 0 Å². The molecule has 3 heteroatoms. The molecule has 1 rings (SSSR count). The molecule has 0 radical (unpaired) electrons. The lowest BCUT2D eigenvalue weighted by molar-refractivity contribution is -0.123. The van der Waals surface area contributed by atoms with E-state index in [1.54, 1.807) is 0 Å². The van der Waals surface area contributed by atoms with Crippen molar-refractivity contribution in [3.63, 3.8) is 0 Å². The lowest BCUT2D eigenvalue weighted by Gasteiger charge is -2.21.